The maximum atomic E-state index is 15.3. The number of unbranched alkanes of at least 4 members (excludes halogenated alkanes) is 2. The van der Waals surface area contributed by atoms with Crippen LogP contribution in [0.4, 0.5) is 4.79 Å². The van der Waals surface area contributed by atoms with Gasteiger partial charge in [0.1, 0.15) is 42.3 Å². The lowest BCUT2D eigenvalue weighted by atomic mass is 9.91. The van der Waals surface area contributed by atoms with Crippen LogP contribution in [-0.2, 0) is 70.7 Å². The first-order valence-corrected chi connectivity index (χ1v) is 26.4. The molecule has 2 aliphatic heterocycles. The minimum Gasteiger partial charge on any atom is -0.481 e. The minimum atomic E-state index is -1.73. The number of carboxylic acids is 2. The van der Waals surface area contributed by atoms with Crippen molar-refractivity contribution in [1.29, 1.82) is 0 Å². The highest BCUT2D eigenvalue weighted by molar-refractivity contribution is 5.99. The number of amides is 8. The number of fused-ring (bicyclic) bond motifs is 4. The first-order chi connectivity index (χ1) is 37.8. The molecule has 2 aromatic heterocycles. The fraction of sp³-hybridized carbons (Fsp3) is 0.491. The lowest BCUT2D eigenvalue weighted by Crippen LogP contribution is -2.63. The van der Waals surface area contributed by atoms with Crippen LogP contribution in [0, 0.1) is 0 Å². The zero-order valence-electron chi connectivity index (χ0n) is 44.7. The Labute approximate surface area is 456 Å². The monoisotopic (exact) mass is 1100 g/mol. The van der Waals surface area contributed by atoms with Crippen LogP contribution in [0.2, 0.25) is 0 Å². The number of para-hydroxylation sites is 1. The van der Waals surface area contributed by atoms with Crippen molar-refractivity contribution >= 4 is 70.3 Å². The van der Waals surface area contributed by atoms with E-state index in [4.69, 9.17) is 17.2 Å². The number of nitrogens with two attached hydrogens (primary N) is 3. The van der Waals surface area contributed by atoms with Crippen LogP contribution in [0.1, 0.15) is 92.8 Å². The van der Waals surface area contributed by atoms with E-state index in [1.54, 1.807) is 24.3 Å². The number of nitrogens with zero attached hydrogens (tertiary/aromatic N) is 5. The van der Waals surface area contributed by atoms with Crippen LogP contribution in [0.15, 0.2) is 66.0 Å². The molecule has 0 fully saturated rings. The number of imidazole rings is 1. The van der Waals surface area contributed by atoms with Gasteiger partial charge in [-0.05, 0) is 67.8 Å². The maximum absolute atomic E-state index is 15.3. The topological polar surface area (TPSA) is 399 Å². The molecule has 0 bridgehead atoms. The first kappa shape index (κ1) is 59.7. The number of hydrogen-bond acceptors (Lipinski definition) is 12. The Balaban J connectivity index is 1.34. The number of carbonyl (C=O) groups is 9. The highest BCUT2D eigenvalue weighted by atomic mass is 16.4. The van der Waals surface area contributed by atoms with Gasteiger partial charge in [0.2, 0.25) is 35.4 Å². The Morgan fingerprint density at radius 3 is 2.01 bits per heavy atom. The van der Waals surface area contributed by atoms with Crippen molar-refractivity contribution in [2.45, 2.75) is 139 Å². The standard InChI is InChI=1S/C53H73N15O11/c1-4-5-16-36(65-53(79)66(2)3)45(71)63-39(25-44(69)70)46(72)64-40(23-32-26-57-29-59-32)50(76)67-27-31-14-7-6-13-30(31)22-42(67)47(73)61-37(19-12-21-58-52(55)56)49(75)68-28-41-34(33-15-8-9-17-35(33)60-41)24-43(68)48(74)62-38(51(77)78)18-10-11-20-54/h6-9,13-15,17,26,29,36-40,42-43,60H,4-5,10-12,16,18-25,27-28,54H2,1-3H3,(H,57,59)(H,61,73)(H,62,74)(H,63,71)(H,64,72)(H,65,79)(H,69,70)(H,77,78)(H4,55,56,58)/t36-,37-,38-,39-,40-,42+,43?/m0/s1. The number of carboxylic acid groups (broad SMARTS) is 2. The molecule has 0 aliphatic carbocycles. The van der Waals surface area contributed by atoms with E-state index in [1.807, 2.05) is 31.2 Å². The van der Waals surface area contributed by atoms with Gasteiger partial charge in [0.25, 0.3) is 0 Å². The van der Waals surface area contributed by atoms with E-state index < -0.39 is 102 Å². The molecule has 4 heterocycles. The fourth-order valence-electron chi connectivity index (χ4n) is 9.81. The Kier molecular flexibility index (Phi) is 21.3. The van der Waals surface area contributed by atoms with E-state index in [0.717, 1.165) is 16.5 Å². The predicted octanol–water partition coefficient (Wildman–Crippen LogP) is -0.148. The third kappa shape index (κ3) is 16.0. The van der Waals surface area contributed by atoms with Crippen molar-refractivity contribution in [3.8, 4) is 0 Å². The molecular weight excluding hydrogens is 1020 g/mol. The molecule has 26 nitrogen and oxygen atoms in total. The van der Waals surface area contributed by atoms with Crippen LogP contribution >= 0.6 is 0 Å². The molecule has 1 unspecified atom stereocenters. The van der Waals surface area contributed by atoms with Gasteiger partial charge in [-0.25, -0.2) is 14.6 Å². The zero-order valence-corrected chi connectivity index (χ0v) is 44.7. The number of carbonyl (C=O) groups excluding carboxylic acids is 7. The van der Waals surface area contributed by atoms with Gasteiger partial charge < -0.3 is 78.7 Å². The van der Waals surface area contributed by atoms with Gasteiger partial charge in [0, 0.05) is 74.9 Å². The smallest absolute Gasteiger partial charge is 0.326 e. The van der Waals surface area contributed by atoms with E-state index in [2.05, 4.69) is 46.5 Å². The summed E-state index contributed by atoms with van der Waals surface area (Å²) in [6.45, 7) is 1.97. The fourth-order valence-corrected chi connectivity index (χ4v) is 9.81. The second-order valence-electron chi connectivity index (χ2n) is 20.0. The molecule has 2 aliphatic rings. The number of hydrogen-bond donors (Lipinski definition) is 12. The number of aromatic amines is 2. The highest BCUT2D eigenvalue weighted by Gasteiger charge is 2.44. The van der Waals surface area contributed by atoms with E-state index in [9.17, 15) is 39.0 Å². The van der Waals surface area contributed by atoms with Crippen molar-refractivity contribution in [3.63, 3.8) is 0 Å². The Hall–Kier alpha value is -8.55. The number of aliphatic imine (C=N–C) groups is 1. The Morgan fingerprint density at radius 1 is 0.734 bits per heavy atom. The van der Waals surface area contributed by atoms with E-state index in [0.29, 0.717) is 54.7 Å². The summed E-state index contributed by atoms with van der Waals surface area (Å²) in [7, 11) is 2.96. The zero-order chi connectivity index (χ0) is 57.3. The van der Waals surface area contributed by atoms with Crippen molar-refractivity contribution < 1.29 is 53.4 Å². The molecule has 26 heteroatoms. The van der Waals surface area contributed by atoms with Crippen LogP contribution < -0.4 is 43.8 Å². The molecular formula is C53H73N15O11. The summed E-state index contributed by atoms with van der Waals surface area (Å²) in [5.74, 6) is -7.78. The average Bonchev–Trinajstić information content (AvgIpc) is 4.15. The van der Waals surface area contributed by atoms with E-state index in [1.165, 1.54) is 41.3 Å². The predicted molar refractivity (Wildman–Crippen MR) is 289 cm³/mol. The summed E-state index contributed by atoms with van der Waals surface area (Å²) in [5, 5.41) is 34.2. The molecule has 4 aromatic rings. The van der Waals surface area contributed by atoms with Gasteiger partial charge in [-0.3, -0.25) is 38.6 Å². The summed E-state index contributed by atoms with van der Waals surface area (Å²) < 4.78 is 0. The summed E-state index contributed by atoms with van der Waals surface area (Å²) >= 11 is 0. The van der Waals surface area contributed by atoms with Gasteiger partial charge in [0.05, 0.1) is 19.3 Å². The van der Waals surface area contributed by atoms with Crippen LogP contribution in [0.3, 0.4) is 0 Å². The highest BCUT2D eigenvalue weighted by Crippen LogP contribution is 2.32. The molecule has 8 amide bonds. The molecule has 0 radical (unpaired) electrons. The molecule has 79 heavy (non-hydrogen) atoms. The third-order valence-corrected chi connectivity index (χ3v) is 14.0. The Morgan fingerprint density at radius 2 is 1.35 bits per heavy atom. The summed E-state index contributed by atoms with van der Waals surface area (Å²) in [5.41, 5.74) is 20.8. The Bertz CT molecular complexity index is 2850. The maximum Gasteiger partial charge on any atom is 0.326 e. The molecule has 6 rings (SSSR count). The normalized spacial score (nSPS) is 16.6. The number of rotatable bonds is 27. The second kappa shape index (κ2) is 28.2. The van der Waals surface area contributed by atoms with Crippen LogP contribution in [0.25, 0.3) is 10.9 Å². The molecule has 0 saturated heterocycles. The first-order valence-electron chi connectivity index (χ1n) is 26.4. The molecule has 0 saturated carbocycles. The number of benzene rings is 2. The average molecular weight is 1100 g/mol. The SMILES string of the molecule is CCCC[C@H](NC(=O)N(C)C)C(=O)N[C@@H](CC(=O)O)C(=O)N[C@@H](Cc1cnc[nH]1)C(=O)N1Cc2ccccc2C[C@@H]1C(=O)N[C@@H](CCCN=C(N)N)C(=O)N1Cc2[nH]c3ccccc3c2CC1C(=O)N[C@@H](CCCCN)C(=O)O. The van der Waals surface area contributed by atoms with Gasteiger partial charge in [-0.2, -0.15) is 0 Å². The quantitative estimate of drug-likeness (QED) is 0.0210. The molecule has 15 N–H and O–H groups in total. The van der Waals surface area contributed by atoms with Gasteiger partial charge >= 0.3 is 18.0 Å². The van der Waals surface area contributed by atoms with Gasteiger partial charge in [0.15, 0.2) is 5.96 Å². The largest absolute Gasteiger partial charge is 0.481 e. The second-order valence-corrected chi connectivity index (χ2v) is 20.0. The van der Waals surface area contributed by atoms with E-state index >= 15 is 14.4 Å². The number of nitrogens with one attached hydrogen (secondary N) is 7. The van der Waals surface area contributed by atoms with Gasteiger partial charge in [-0.15, -0.1) is 0 Å². The van der Waals surface area contributed by atoms with Crippen molar-refractivity contribution in [3.05, 3.63) is 89.1 Å². The summed E-state index contributed by atoms with van der Waals surface area (Å²) in [6.07, 6.45) is 4.03. The molecule has 7 atom stereocenters. The third-order valence-electron chi connectivity index (χ3n) is 14.0. The van der Waals surface area contributed by atoms with Crippen LogP contribution in [0.5, 0.6) is 0 Å². The number of urea groups is 1. The number of H-pyrrole nitrogens is 2. The molecule has 0 spiro atoms. The minimum absolute atomic E-state index is 0.00465. The summed E-state index contributed by atoms with van der Waals surface area (Å²) in [6, 6.07) is 4.29. The number of aromatic nitrogens is 3. The van der Waals surface area contributed by atoms with Crippen LogP contribution in [-0.4, -0.2) is 169 Å². The lowest BCUT2D eigenvalue weighted by Gasteiger charge is -2.40. The van der Waals surface area contributed by atoms with Crippen molar-refractivity contribution in [2.75, 3.05) is 27.2 Å². The number of aliphatic carboxylic acids is 2. The van der Waals surface area contributed by atoms with Crippen molar-refractivity contribution in [2.24, 2.45) is 22.2 Å². The number of guanidine groups is 1. The van der Waals surface area contributed by atoms with Gasteiger partial charge in [-0.1, -0.05) is 62.2 Å². The molecule has 426 valence electrons. The summed E-state index contributed by atoms with van der Waals surface area (Å²) in [4.78, 5) is 144. The van der Waals surface area contributed by atoms with E-state index in [-0.39, 0.29) is 70.5 Å². The van der Waals surface area contributed by atoms with Crippen molar-refractivity contribution in [1.82, 2.24) is 56.2 Å². The molecule has 2 aromatic carbocycles. The lowest BCUT2D eigenvalue weighted by molar-refractivity contribution is -0.149.